The minimum absolute atomic E-state index is 0.0790. The average Bonchev–Trinajstić information content (AvgIpc) is 2.88. The molecule has 96 valence electrons. The molecule has 5 heteroatoms. The number of carbonyl (C=O) groups excluding carboxylic acids is 1. The van der Waals surface area contributed by atoms with Gasteiger partial charge in [-0.1, -0.05) is 11.8 Å². The normalized spacial score (nSPS) is 15.1. The molecule has 0 aliphatic carbocycles. The van der Waals surface area contributed by atoms with Gasteiger partial charge in [-0.15, -0.1) is 11.3 Å². The predicted octanol–water partition coefficient (Wildman–Crippen LogP) is 1.67. The second-order valence-corrected chi connectivity index (χ2v) is 6.15. The van der Waals surface area contributed by atoms with Gasteiger partial charge in [-0.25, -0.2) is 0 Å². The largest absolute Gasteiger partial charge is 0.395 e. The zero-order chi connectivity index (χ0) is 12.8. The van der Waals surface area contributed by atoms with Crippen LogP contribution in [0.15, 0.2) is 12.1 Å². The summed E-state index contributed by atoms with van der Waals surface area (Å²) in [6.45, 7) is 1.76. The van der Waals surface area contributed by atoms with Gasteiger partial charge in [-0.3, -0.25) is 4.79 Å². The van der Waals surface area contributed by atoms with Crippen molar-refractivity contribution in [3.63, 3.8) is 0 Å². The van der Waals surface area contributed by atoms with Crippen LogP contribution in [-0.4, -0.2) is 47.1 Å². The Labute approximate surface area is 115 Å². The Morgan fingerprint density at radius 3 is 2.89 bits per heavy atom. The summed E-state index contributed by atoms with van der Waals surface area (Å²) in [5, 5.41) is 8.65. The van der Waals surface area contributed by atoms with E-state index in [4.69, 9.17) is 5.11 Å². The Bertz CT molecular complexity index is 467. The Morgan fingerprint density at radius 1 is 1.39 bits per heavy atom. The Hall–Kier alpha value is -0.960. The SMILES string of the molecule is O=C(c1ccc(C#CCCO)s1)N1CCSCC1. The molecule has 1 amide bonds. The van der Waals surface area contributed by atoms with E-state index in [0.717, 1.165) is 34.3 Å². The van der Waals surface area contributed by atoms with Gasteiger partial charge >= 0.3 is 0 Å². The molecule has 1 saturated heterocycles. The number of carbonyl (C=O) groups is 1. The molecule has 1 fully saturated rings. The molecule has 1 aliphatic heterocycles. The number of amides is 1. The van der Waals surface area contributed by atoms with Gasteiger partial charge < -0.3 is 10.0 Å². The molecule has 0 atom stereocenters. The lowest BCUT2D eigenvalue weighted by molar-refractivity contribution is 0.0777. The van der Waals surface area contributed by atoms with Crippen molar-refractivity contribution in [3.05, 3.63) is 21.9 Å². The second kappa shape index (κ2) is 6.83. The lowest BCUT2D eigenvalue weighted by Crippen LogP contribution is -2.37. The van der Waals surface area contributed by atoms with Crippen molar-refractivity contribution in [2.45, 2.75) is 6.42 Å². The van der Waals surface area contributed by atoms with E-state index >= 15 is 0 Å². The lowest BCUT2D eigenvalue weighted by Gasteiger charge is -2.25. The molecule has 2 heterocycles. The highest BCUT2D eigenvalue weighted by Gasteiger charge is 2.19. The van der Waals surface area contributed by atoms with E-state index in [0.29, 0.717) is 6.42 Å². The van der Waals surface area contributed by atoms with Gasteiger partial charge in [0.25, 0.3) is 5.91 Å². The van der Waals surface area contributed by atoms with Crippen molar-refractivity contribution in [2.75, 3.05) is 31.2 Å². The third-order valence-electron chi connectivity index (χ3n) is 2.56. The van der Waals surface area contributed by atoms with Crippen molar-refractivity contribution >= 4 is 29.0 Å². The van der Waals surface area contributed by atoms with E-state index < -0.39 is 0 Å². The number of nitrogens with zero attached hydrogens (tertiary/aromatic N) is 1. The molecule has 0 radical (unpaired) electrons. The number of hydrogen-bond donors (Lipinski definition) is 1. The van der Waals surface area contributed by atoms with Crippen LogP contribution in [0.5, 0.6) is 0 Å². The van der Waals surface area contributed by atoms with Crippen molar-refractivity contribution in [1.82, 2.24) is 4.90 Å². The molecule has 1 aromatic rings. The van der Waals surface area contributed by atoms with Crippen LogP contribution in [-0.2, 0) is 0 Å². The van der Waals surface area contributed by atoms with E-state index in [9.17, 15) is 4.79 Å². The minimum atomic E-state index is 0.0790. The standard InChI is InChI=1S/C13H15NO2S2/c15-8-2-1-3-11-4-5-12(18-11)13(16)14-6-9-17-10-7-14/h4-5,15H,2,6-10H2. The molecule has 0 spiro atoms. The smallest absolute Gasteiger partial charge is 0.264 e. The van der Waals surface area contributed by atoms with E-state index in [1.807, 2.05) is 28.8 Å². The van der Waals surface area contributed by atoms with Crippen LogP contribution in [0.2, 0.25) is 0 Å². The highest BCUT2D eigenvalue weighted by atomic mass is 32.2. The van der Waals surface area contributed by atoms with Gasteiger partial charge in [-0.05, 0) is 12.1 Å². The number of thioether (sulfide) groups is 1. The molecule has 1 N–H and O–H groups in total. The van der Waals surface area contributed by atoms with Crippen molar-refractivity contribution in [2.24, 2.45) is 0 Å². The summed E-state index contributed by atoms with van der Waals surface area (Å²) in [6, 6.07) is 3.72. The summed E-state index contributed by atoms with van der Waals surface area (Å²) < 4.78 is 0. The highest BCUT2D eigenvalue weighted by molar-refractivity contribution is 7.99. The molecule has 1 aromatic heterocycles. The third kappa shape index (κ3) is 3.52. The van der Waals surface area contributed by atoms with E-state index in [-0.39, 0.29) is 12.5 Å². The lowest BCUT2D eigenvalue weighted by atomic mass is 10.3. The summed E-state index contributed by atoms with van der Waals surface area (Å²) in [5.41, 5.74) is 0. The maximum absolute atomic E-state index is 12.2. The molecule has 0 bridgehead atoms. The first-order valence-electron chi connectivity index (χ1n) is 5.88. The first kappa shape index (κ1) is 13.5. The number of rotatable bonds is 2. The van der Waals surface area contributed by atoms with Crippen molar-refractivity contribution in [1.29, 1.82) is 0 Å². The van der Waals surface area contributed by atoms with Crippen LogP contribution in [0.4, 0.5) is 0 Å². The average molecular weight is 281 g/mol. The fourth-order valence-corrected chi connectivity index (χ4v) is 3.40. The molecule has 0 saturated carbocycles. The Kier molecular flexibility index (Phi) is 5.12. The quantitative estimate of drug-likeness (QED) is 0.838. The van der Waals surface area contributed by atoms with Crippen molar-refractivity contribution < 1.29 is 9.90 Å². The fraction of sp³-hybridized carbons (Fsp3) is 0.462. The summed E-state index contributed by atoms with van der Waals surface area (Å²) in [6.07, 6.45) is 0.477. The van der Waals surface area contributed by atoms with Crippen LogP contribution in [0.1, 0.15) is 21.0 Å². The number of aliphatic hydroxyl groups excluding tert-OH is 1. The first-order valence-corrected chi connectivity index (χ1v) is 7.85. The van der Waals surface area contributed by atoms with Crippen LogP contribution in [0.3, 0.4) is 0 Å². The summed E-state index contributed by atoms with van der Waals surface area (Å²) in [7, 11) is 0. The maximum Gasteiger partial charge on any atom is 0.264 e. The summed E-state index contributed by atoms with van der Waals surface area (Å²) in [4.78, 5) is 15.7. The molecule has 0 aromatic carbocycles. The monoisotopic (exact) mass is 281 g/mol. The molecular weight excluding hydrogens is 266 g/mol. The number of hydrogen-bond acceptors (Lipinski definition) is 4. The number of aliphatic hydroxyl groups is 1. The summed E-state index contributed by atoms with van der Waals surface area (Å²) >= 11 is 3.33. The van der Waals surface area contributed by atoms with Crippen molar-refractivity contribution in [3.8, 4) is 11.8 Å². The van der Waals surface area contributed by atoms with Crippen LogP contribution in [0, 0.1) is 11.8 Å². The first-order chi connectivity index (χ1) is 8.81. The van der Waals surface area contributed by atoms with Gasteiger partial charge in [0.1, 0.15) is 0 Å². The van der Waals surface area contributed by atoms with Crippen LogP contribution < -0.4 is 0 Å². The van der Waals surface area contributed by atoms with Gasteiger partial charge in [0, 0.05) is 31.0 Å². The molecular formula is C13H15NO2S2. The predicted molar refractivity (Wildman–Crippen MR) is 76.1 cm³/mol. The second-order valence-electron chi connectivity index (χ2n) is 3.84. The highest BCUT2D eigenvalue weighted by Crippen LogP contribution is 2.19. The van der Waals surface area contributed by atoms with E-state index in [1.54, 1.807) is 0 Å². The Morgan fingerprint density at radius 2 is 2.17 bits per heavy atom. The van der Waals surface area contributed by atoms with E-state index in [1.165, 1.54) is 11.3 Å². The molecule has 2 rings (SSSR count). The molecule has 18 heavy (non-hydrogen) atoms. The minimum Gasteiger partial charge on any atom is -0.395 e. The number of thiophene rings is 1. The van der Waals surface area contributed by atoms with Gasteiger partial charge in [-0.2, -0.15) is 11.8 Å². The van der Waals surface area contributed by atoms with Crippen LogP contribution >= 0.6 is 23.1 Å². The topological polar surface area (TPSA) is 40.5 Å². The van der Waals surface area contributed by atoms with E-state index in [2.05, 4.69) is 11.8 Å². The molecule has 3 nitrogen and oxygen atoms in total. The van der Waals surface area contributed by atoms with Gasteiger partial charge in [0.2, 0.25) is 0 Å². The van der Waals surface area contributed by atoms with Gasteiger partial charge in [0.05, 0.1) is 16.4 Å². The zero-order valence-electron chi connectivity index (χ0n) is 10.0. The fourth-order valence-electron chi connectivity index (χ4n) is 1.65. The summed E-state index contributed by atoms with van der Waals surface area (Å²) in [5.74, 6) is 8.00. The van der Waals surface area contributed by atoms with Crippen LogP contribution in [0.25, 0.3) is 0 Å². The molecule has 0 unspecified atom stereocenters. The van der Waals surface area contributed by atoms with Gasteiger partial charge in [0.15, 0.2) is 0 Å². The molecule has 1 aliphatic rings. The Balaban J connectivity index is 2.01. The third-order valence-corrected chi connectivity index (χ3v) is 4.49. The zero-order valence-corrected chi connectivity index (χ0v) is 11.6. The maximum atomic E-state index is 12.2.